The molecule has 3 aromatic rings. The number of ether oxygens (including phenoxy) is 1. The monoisotopic (exact) mass is 584 g/mol. The Morgan fingerprint density at radius 1 is 1.00 bits per heavy atom. The summed E-state index contributed by atoms with van der Waals surface area (Å²) in [5.41, 5.74) is 2.42. The number of benzene rings is 3. The molecule has 228 valence electrons. The number of nitrogens with one attached hydrogen (secondary N) is 1. The van der Waals surface area contributed by atoms with Crippen LogP contribution in [-0.4, -0.2) is 57.5 Å². The van der Waals surface area contributed by atoms with Crippen molar-refractivity contribution in [2.45, 2.75) is 89.2 Å². The first-order chi connectivity index (χ1) is 20.5. The van der Waals surface area contributed by atoms with Gasteiger partial charge >= 0.3 is 6.09 Å². The maximum Gasteiger partial charge on any atom is 0.407 e. The third kappa shape index (κ3) is 7.28. The Balaban J connectivity index is 1.47. The van der Waals surface area contributed by atoms with E-state index in [9.17, 15) is 19.8 Å². The minimum atomic E-state index is -1.03. The number of hydrogen-bond donors (Lipinski definition) is 3. The molecule has 5 atom stereocenters. The zero-order valence-corrected chi connectivity index (χ0v) is 25.4. The van der Waals surface area contributed by atoms with Crippen molar-refractivity contribution in [2.24, 2.45) is 5.41 Å². The number of likely N-dealkylation sites (tertiary alicyclic amines) is 1. The molecule has 7 nitrogen and oxygen atoms in total. The van der Waals surface area contributed by atoms with E-state index in [1.165, 1.54) is 0 Å². The molecule has 0 spiro atoms. The Bertz CT molecular complexity index is 1390. The molecule has 0 saturated carbocycles. The highest BCUT2D eigenvalue weighted by Gasteiger charge is 2.50. The van der Waals surface area contributed by atoms with Crippen LogP contribution in [0.4, 0.5) is 4.79 Å². The summed E-state index contributed by atoms with van der Waals surface area (Å²) in [6, 6.07) is 26.5. The molecule has 3 aromatic carbocycles. The van der Waals surface area contributed by atoms with E-state index < -0.39 is 41.4 Å². The van der Waals surface area contributed by atoms with Crippen LogP contribution in [0.15, 0.2) is 84.9 Å². The fourth-order valence-corrected chi connectivity index (χ4v) is 6.86. The topological polar surface area (TPSA) is 99.1 Å². The molecule has 3 N–H and O–H groups in total. The Kier molecular flexibility index (Phi) is 9.23. The number of aliphatic hydroxyl groups is 2. The predicted molar refractivity (Wildman–Crippen MR) is 166 cm³/mol. The van der Waals surface area contributed by atoms with E-state index >= 15 is 0 Å². The molecule has 43 heavy (non-hydrogen) atoms. The van der Waals surface area contributed by atoms with Gasteiger partial charge in [0.1, 0.15) is 5.60 Å². The lowest BCUT2D eigenvalue weighted by atomic mass is 9.69. The smallest absolute Gasteiger partial charge is 0.407 e. The largest absolute Gasteiger partial charge is 0.444 e. The second-order valence-corrected chi connectivity index (χ2v) is 13.2. The van der Waals surface area contributed by atoms with E-state index in [1.807, 2.05) is 89.8 Å². The van der Waals surface area contributed by atoms with Crippen LogP contribution in [0, 0.1) is 5.41 Å². The highest BCUT2D eigenvalue weighted by molar-refractivity contribution is 5.84. The van der Waals surface area contributed by atoms with Gasteiger partial charge in [-0.05, 0) is 75.1 Å². The third-order valence-corrected chi connectivity index (χ3v) is 8.72. The summed E-state index contributed by atoms with van der Waals surface area (Å²) < 4.78 is 5.55. The van der Waals surface area contributed by atoms with Crippen LogP contribution in [0.1, 0.15) is 68.3 Å². The molecule has 0 bridgehead atoms. The quantitative estimate of drug-likeness (QED) is 0.314. The maximum atomic E-state index is 14.7. The van der Waals surface area contributed by atoms with Crippen LogP contribution in [0.3, 0.4) is 0 Å². The number of alkyl carbamates (subject to hydrolysis) is 1. The molecular formula is C36H44N2O5. The van der Waals surface area contributed by atoms with E-state index in [4.69, 9.17) is 4.74 Å². The Morgan fingerprint density at radius 2 is 1.63 bits per heavy atom. The number of nitrogens with zero attached hydrogens (tertiary/aromatic N) is 1. The van der Waals surface area contributed by atoms with Gasteiger partial charge in [0.25, 0.3) is 0 Å². The average molecular weight is 585 g/mol. The number of aliphatic hydroxyl groups excluding tert-OH is 2. The van der Waals surface area contributed by atoms with Gasteiger partial charge in [-0.15, -0.1) is 0 Å². The van der Waals surface area contributed by atoms with Crippen LogP contribution >= 0.6 is 0 Å². The lowest BCUT2D eigenvalue weighted by molar-refractivity contribution is -0.155. The Hall–Kier alpha value is -3.68. The van der Waals surface area contributed by atoms with Crippen molar-refractivity contribution in [3.63, 3.8) is 0 Å². The Labute approximate surface area is 254 Å². The van der Waals surface area contributed by atoms with Gasteiger partial charge in [-0.25, -0.2) is 4.79 Å². The van der Waals surface area contributed by atoms with Gasteiger partial charge < -0.3 is 25.2 Å². The SMILES string of the molecule is CC(C)(C)OC(=O)N[C@@H](Cc1ccccc1)[C@@H](O)CC1(Cc2ccccc2)CCCN(C2c3ccccc3C[C@@H]2O)C1=O. The lowest BCUT2D eigenvalue weighted by Gasteiger charge is -2.46. The zero-order chi connectivity index (χ0) is 30.6. The van der Waals surface area contributed by atoms with E-state index in [-0.39, 0.29) is 12.3 Å². The highest BCUT2D eigenvalue weighted by Crippen LogP contribution is 2.45. The van der Waals surface area contributed by atoms with Gasteiger partial charge in [0.2, 0.25) is 5.91 Å². The fourth-order valence-electron chi connectivity index (χ4n) is 6.86. The number of rotatable bonds is 9. The molecule has 2 aliphatic rings. The zero-order valence-electron chi connectivity index (χ0n) is 25.4. The van der Waals surface area contributed by atoms with Gasteiger partial charge in [-0.1, -0.05) is 84.9 Å². The van der Waals surface area contributed by atoms with Crippen LogP contribution in [0.5, 0.6) is 0 Å². The second-order valence-electron chi connectivity index (χ2n) is 13.2. The van der Waals surface area contributed by atoms with Gasteiger partial charge in [0, 0.05) is 13.0 Å². The summed E-state index contributed by atoms with van der Waals surface area (Å²) in [6.45, 7) is 5.95. The molecule has 2 unspecified atom stereocenters. The number of amides is 2. The number of hydrogen-bond acceptors (Lipinski definition) is 5. The second kappa shape index (κ2) is 12.9. The number of piperidine rings is 1. The molecule has 5 rings (SSSR count). The molecule has 1 fully saturated rings. The van der Waals surface area contributed by atoms with E-state index in [1.54, 1.807) is 20.8 Å². The number of fused-ring (bicyclic) bond motifs is 1. The van der Waals surface area contributed by atoms with Crippen molar-refractivity contribution in [1.82, 2.24) is 10.2 Å². The van der Waals surface area contributed by atoms with Crippen LogP contribution in [-0.2, 0) is 28.8 Å². The molecule has 1 aliphatic carbocycles. The molecule has 2 amide bonds. The molecule has 0 radical (unpaired) electrons. The van der Waals surface area contributed by atoms with Crippen LogP contribution in [0.2, 0.25) is 0 Å². The summed E-state index contributed by atoms with van der Waals surface area (Å²) in [6.07, 6.45) is 0.548. The summed E-state index contributed by atoms with van der Waals surface area (Å²) >= 11 is 0. The summed E-state index contributed by atoms with van der Waals surface area (Å²) in [5, 5.41) is 26.0. The molecule has 1 heterocycles. The predicted octanol–water partition coefficient (Wildman–Crippen LogP) is 5.38. The molecule has 1 aliphatic heterocycles. The molecule has 7 heteroatoms. The average Bonchev–Trinajstić information content (AvgIpc) is 3.30. The normalized spacial score (nSPS) is 23.4. The maximum absolute atomic E-state index is 14.7. The summed E-state index contributed by atoms with van der Waals surface area (Å²) in [7, 11) is 0. The van der Waals surface area contributed by atoms with E-state index in [0.717, 1.165) is 28.7 Å². The van der Waals surface area contributed by atoms with Crippen molar-refractivity contribution in [2.75, 3.05) is 6.54 Å². The van der Waals surface area contributed by atoms with Crippen molar-refractivity contribution in [1.29, 1.82) is 0 Å². The standard InChI is InChI=1S/C36H44N2O5/c1-35(2,3)43-34(42)37-29(21-25-13-6-4-7-14-25)31(40)24-36(23-26-15-8-5-9-16-26)19-12-20-38(33(36)41)32-28-18-11-10-17-27(28)22-30(32)39/h4-11,13-18,29-32,39-40H,12,19-24H2,1-3H3,(H,37,42)/t29-,30-,31-,32?,36?/m0/s1. The minimum Gasteiger partial charge on any atom is -0.444 e. The third-order valence-electron chi connectivity index (χ3n) is 8.72. The van der Waals surface area contributed by atoms with Gasteiger partial charge in [-0.2, -0.15) is 0 Å². The van der Waals surface area contributed by atoms with Crippen molar-refractivity contribution < 1.29 is 24.5 Å². The first-order valence-corrected chi connectivity index (χ1v) is 15.4. The number of carbonyl (C=O) groups is 2. The number of carbonyl (C=O) groups excluding carboxylic acids is 2. The first kappa shape index (κ1) is 30.8. The first-order valence-electron chi connectivity index (χ1n) is 15.4. The highest BCUT2D eigenvalue weighted by atomic mass is 16.6. The molecule has 1 saturated heterocycles. The van der Waals surface area contributed by atoms with E-state index in [0.29, 0.717) is 32.2 Å². The van der Waals surface area contributed by atoms with Gasteiger partial charge in [0.05, 0.1) is 29.7 Å². The fraction of sp³-hybridized carbons (Fsp3) is 0.444. The van der Waals surface area contributed by atoms with Crippen molar-refractivity contribution in [3.05, 3.63) is 107 Å². The Morgan fingerprint density at radius 3 is 2.30 bits per heavy atom. The summed E-state index contributed by atoms with van der Waals surface area (Å²) in [4.78, 5) is 29.5. The summed E-state index contributed by atoms with van der Waals surface area (Å²) in [5.74, 6) is -0.0573. The van der Waals surface area contributed by atoms with Crippen LogP contribution in [0.25, 0.3) is 0 Å². The molecule has 0 aromatic heterocycles. The minimum absolute atomic E-state index is 0.0573. The van der Waals surface area contributed by atoms with Crippen molar-refractivity contribution in [3.8, 4) is 0 Å². The molecular weight excluding hydrogens is 540 g/mol. The van der Waals surface area contributed by atoms with Crippen molar-refractivity contribution >= 4 is 12.0 Å². The van der Waals surface area contributed by atoms with E-state index in [2.05, 4.69) is 5.32 Å². The van der Waals surface area contributed by atoms with Gasteiger partial charge in [-0.3, -0.25) is 4.79 Å². The lowest BCUT2D eigenvalue weighted by Crippen LogP contribution is -2.56. The van der Waals surface area contributed by atoms with Gasteiger partial charge in [0.15, 0.2) is 0 Å². The van der Waals surface area contributed by atoms with Crippen LogP contribution < -0.4 is 5.32 Å².